The molecule has 2 amide bonds. The highest BCUT2D eigenvalue weighted by atomic mass is 19.1. The first-order valence-electron chi connectivity index (χ1n) is 14.0. The van der Waals surface area contributed by atoms with Crippen molar-refractivity contribution < 1.29 is 16.7 Å². The predicted octanol–water partition coefficient (Wildman–Crippen LogP) is 2.20. The highest BCUT2D eigenvalue weighted by molar-refractivity contribution is 5.97. The molecule has 200 valence electrons. The molecule has 1 aliphatic heterocycles. The lowest BCUT2D eigenvalue weighted by Crippen LogP contribution is -2.54. The zero-order valence-corrected chi connectivity index (χ0v) is 21.4. The smallest absolute Gasteiger partial charge is 0.251 e. The van der Waals surface area contributed by atoms with E-state index < -0.39 is 12.4 Å². The van der Waals surface area contributed by atoms with Gasteiger partial charge < -0.3 is 20.4 Å². The molecule has 3 atom stereocenters. The maximum atomic E-state index is 13.5. The molecule has 0 spiro atoms. The Balaban J connectivity index is 1.19. The summed E-state index contributed by atoms with van der Waals surface area (Å²) < 4.78 is 31.5. The summed E-state index contributed by atoms with van der Waals surface area (Å²) in [7, 11) is 2.02. The fourth-order valence-electron chi connectivity index (χ4n) is 4.69. The molecule has 0 bridgehead atoms. The first-order valence-corrected chi connectivity index (χ1v) is 13.0. The SMILES string of the molecule is [2H]C1([2H])C(c2ccc(F)cc2)[C@@H]1NCCC[C@H](NC(=O)c1ccc(-n2ccnn2)cc1)C(=O)N1CCN(C)CC1. The van der Waals surface area contributed by atoms with Gasteiger partial charge in [0, 0.05) is 46.4 Å². The van der Waals surface area contributed by atoms with E-state index in [9.17, 15) is 14.0 Å². The maximum absolute atomic E-state index is 13.5. The summed E-state index contributed by atoms with van der Waals surface area (Å²) >= 11 is 0. The standard InChI is InChI=1S/C28H34FN7O2/c1-34-15-17-35(18-16-34)28(38)25(3-2-12-30-26-19-24(26)20-4-8-22(29)9-5-20)32-27(37)21-6-10-23(11-7-21)36-14-13-31-33-36/h4-11,13-14,24-26,30H,2-3,12,15-19H2,1H3,(H,32,37)/t24?,25-,26+/m0/s1/i19D2. The second kappa shape index (κ2) is 11.8. The van der Waals surface area contributed by atoms with E-state index >= 15 is 0 Å². The second-order valence-electron chi connectivity index (χ2n) is 9.82. The van der Waals surface area contributed by atoms with Crippen LogP contribution in [0.25, 0.3) is 5.69 Å². The number of nitrogens with one attached hydrogen (secondary N) is 2. The van der Waals surface area contributed by atoms with Gasteiger partial charge in [0.15, 0.2) is 0 Å². The summed E-state index contributed by atoms with van der Waals surface area (Å²) in [5.41, 5.74) is 1.96. The number of rotatable bonds is 10. The monoisotopic (exact) mass is 521 g/mol. The fraction of sp³-hybridized carbons (Fsp3) is 0.429. The number of carbonyl (C=O) groups excluding carboxylic acids is 2. The van der Waals surface area contributed by atoms with Gasteiger partial charge in [0.25, 0.3) is 5.91 Å². The van der Waals surface area contributed by atoms with E-state index in [0.717, 1.165) is 24.3 Å². The van der Waals surface area contributed by atoms with E-state index in [1.54, 1.807) is 58.4 Å². The summed E-state index contributed by atoms with van der Waals surface area (Å²) in [6, 6.07) is 11.8. The number of likely N-dealkylation sites (N-methyl/N-ethyl adjacent to an activating group) is 1. The third-order valence-corrected chi connectivity index (χ3v) is 7.08. The van der Waals surface area contributed by atoms with Crippen molar-refractivity contribution >= 4 is 11.8 Å². The van der Waals surface area contributed by atoms with E-state index in [2.05, 4.69) is 25.8 Å². The molecule has 2 heterocycles. The van der Waals surface area contributed by atoms with Gasteiger partial charge in [-0.2, -0.15) is 0 Å². The molecule has 1 saturated heterocycles. The van der Waals surface area contributed by atoms with Crippen molar-refractivity contribution in [2.24, 2.45) is 0 Å². The number of benzene rings is 2. The second-order valence-corrected chi connectivity index (χ2v) is 9.82. The summed E-state index contributed by atoms with van der Waals surface area (Å²) in [5.74, 6) is -1.14. The van der Waals surface area contributed by atoms with Gasteiger partial charge in [-0.05, 0) is 74.8 Å². The van der Waals surface area contributed by atoms with Crippen LogP contribution in [0.5, 0.6) is 0 Å². The Morgan fingerprint density at radius 1 is 1.11 bits per heavy atom. The quantitative estimate of drug-likeness (QED) is 0.397. The topological polar surface area (TPSA) is 95.4 Å². The Morgan fingerprint density at radius 3 is 2.53 bits per heavy atom. The highest BCUT2D eigenvalue weighted by Crippen LogP contribution is 2.40. The number of hydrogen-bond acceptors (Lipinski definition) is 6. The van der Waals surface area contributed by atoms with Gasteiger partial charge in [-0.1, -0.05) is 17.3 Å². The maximum Gasteiger partial charge on any atom is 0.251 e. The molecule has 3 aromatic rings. The molecule has 1 unspecified atom stereocenters. The number of hydrogen-bond donors (Lipinski definition) is 2. The van der Waals surface area contributed by atoms with Crippen LogP contribution in [0.2, 0.25) is 0 Å². The summed E-state index contributed by atoms with van der Waals surface area (Å²) in [6.45, 7) is 3.25. The Kier molecular flexibility index (Phi) is 7.31. The third-order valence-electron chi connectivity index (χ3n) is 7.08. The average Bonchev–Trinajstić information content (AvgIpc) is 3.26. The minimum atomic E-state index is -1.43. The van der Waals surface area contributed by atoms with Gasteiger partial charge in [0.2, 0.25) is 5.91 Å². The van der Waals surface area contributed by atoms with Crippen LogP contribution in [-0.2, 0) is 4.79 Å². The van der Waals surface area contributed by atoms with E-state index in [1.807, 2.05) is 7.05 Å². The lowest BCUT2D eigenvalue weighted by Gasteiger charge is -2.34. The molecule has 2 fully saturated rings. The number of nitrogens with zero attached hydrogens (tertiary/aromatic N) is 5. The Hall–Kier alpha value is -3.63. The van der Waals surface area contributed by atoms with Crippen molar-refractivity contribution in [2.75, 3.05) is 39.8 Å². The van der Waals surface area contributed by atoms with Crippen LogP contribution >= 0.6 is 0 Å². The molecule has 2 aromatic carbocycles. The van der Waals surface area contributed by atoms with Crippen molar-refractivity contribution in [3.8, 4) is 5.69 Å². The molecule has 1 aliphatic carbocycles. The van der Waals surface area contributed by atoms with Crippen molar-refractivity contribution in [3.63, 3.8) is 0 Å². The van der Waals surface area contributed by atoms with Crippen LogP contribution in [0.15, 0.2) is 60.9 Å². The average molecular weight is 522 g/mol. The predicted molar refractivity (Wildman–Crippen MR) is 141 cm³/mol. The summed E-state index contributed by atoms with van der Waals surface area (Å²) in [5, 5.41) is 14.0. The molecular weight excluding hydrogens is 485 g/mol. The van der Waals surface area contributed by atoms with Gasteiger partial charge in [0.05, 0.1) is 18.1 Å². The van der Waals surface area contributed by atoms with Crippen molar-refractivity contribution in [3.05, 3.63) is 77.9 Å². The molecule has 1 saturated carbocycles. The van der Waals surface area contributed by atoms with Crippen LogP contribution in [0.1, 0.15) is 43.8 Å². The molecule has 38 heavy (non-hydrogen) atoms. The van der Waals surface area contributed by atoms with Crippen molar-refractivity contribution in [1.82, 2.24) is 35.4 Å². The zero-order valence-electron chi connectivity index (χ0n) is 23.4. The molecule has 2 aliphatic rings. The van der Waals surface area contributed by atoms with E-state index in [0.29, 0.717) is 38.0 Å². The zero-order chi connectivity index (χ0) is 28.3. The van der Waals surface area contributed by atoms with Crippen LogP contribution < -0.4 is 10.6 Å². The summed E-state index contributed by atoms with van der Waals surface area (Å²) in [4.78, 5) is 30.6. The van der Waals surface area contributed by atoms with Crippen LogP contribution in [0, 0.1) is 5.82 Å². The molecule has 1 aromatic heterocycles. The molecular formula is C28H34FN7O2. The normalized spacial score (nSPS) is 22.3. The number of amides is 2. The third kappa shape index (κ3) is 6.43. The lowest BCUT2D eigenvalue weighted by atomic mass is 10.1. The Labute approximate surface area is 224 Å². The van der Waals surface area contributed by atoms with Gasteiger partial charge >= 0.3 is 0 Å². The van der Waals surface area contributed by atoms with Crippen molar-refractivity contribution in [2.45, 2.75) is 37.2 Å². The fourth-order valence-corrected chi connectivity index (χ4v) is 4.69. The van der Waals surface area contributed by atoms with Crippen LogP contribution in [-0.4, -0.2) is 88.5 Å². The highest BCUT2D eigenvalue weighted by Gasteiger charge is 2.37. The number of aromatic nitrogens is 3. The van der Waals surface area contributed by atoms with E-state index in [4.69, 9.17) is 2.74 Å². The largest absolute Gasteiger partial charge is 0.340 e. The molecule has 10 heteroatoms. The van der Waals surface area contributed by atoms with E-state index in [-0.39, 0.29) is 29.6 Å². The van der Waals surface area contributed by atoms with Gasteiger partial charge in [-0.25, -0.2) is 9.07 Å². The molecule has 9 nitrogen and oxygen atoms in total. The molecule has 0 radical (unpaired) electrons. The van der Waals surface area contributed by atoms with Gasteiger partial charge in [0.1, 0.15) is 11.9 Å². The number of carbonyl (C=O) groups is 2. The molecule has 5 rings (SSSR count). The first kappa shape index (κ1) is 23.5. The lowest BCUT2D eigenvalue weighted by molar-refractivity contribution is -0.135. The minimum absolute atomic E-state index is 0.105. The Bertz CT molecular complexity index is 1300. The minimum Gasteiger partial charge on any atom is -0.340 e. The number of piperazine rings is 1. The first-order chi connectivity index (χ1) is 19.2. The molecule has 2 N–H and O–H groups in total. The van der Waals surface area contributed by atoms with Gasteiger partial charge in [-0.15, -0.1) is 5.10 Å². The van der Waals surface area contributed by atoms with E-state index in [1.165, 1.54) is 12.1 Å². The van der Waals surface area contributed by atoms with Crippen LogP contribution in [0.3, 0.4) is 0 Å². The van der Waals surface area contributed by atoms with Crippen molar-refractivity contribution in [1.29, 1.82) is 0 Å². The summed E-state index contributed by atoms with van der Waals surface area (Å²) in [6.07, 6.45) is 2.84. The Morgan fingerprint density at radius 2 is 1.84 bits per heavy atom. The van der Waals surface area contributed by atoms with Gasteiger partial charge in [-0.3, -0.25) is 9.59 Å². The number of halogens is 1. The van der Waals surface area contributed by atoms with Crippen LogP contribution in [0.4, 0.5) is 4.39 Å².